The van der Waals surface area contributed by atoms with Crippen LogP contribution in [0.5, 0.6) is 0 Å². The maximum absolute atomic E-state index is 13.0. The largest absolute Gasteiger partial charge is 0.342 e. The van der Waals surface area contributed by atoms with Crippen molar-refractivity contribution in [1.82, 2.24) is 15.0 Å². The van der Waals surface area contributed by atoms with Crippen LogP contribution in [0, 0.1) is 18.7 Å². The van der Waals surface area contributed by atoms with E-state index in [0.717, 1.165) is 31.4 Å². The summed E-state index contributed by atoms with van der Waals surface area (Å²) in [6.45, 7) is 3.23. The molecule has 24 heavy (non-hydrogen) atoms. The van der Waals surface area contributed by atoms with Gasteiger partial charge in [-0.15, -0.1) is 0 Å². The number of aryl methyl sites for hydroxylation is 1. The van der Waals surface area contributed by atoms with Gasteiger partial charge in [-0.2, -0.15) is 4.98 Å². The molecule has 1 aliphatic carbocycles. The highest BCUT2D eigenvalue weighted by Gasteiger charge is 2.46. The quantitative estimate of drug-likeness (QED) is 0.868. The average Bonchev–Trinajstić information content (AvgIpc) is 3.28. The number of amides is 1. The molecule has 1 aromatic carbocycles. The van der Waals surface area contributed by atoms with Crippen molar-refractivity contribution in [1.29, 1.82) is 0 Å². The standard InChI is InChI=1S/C18H20FN3O2/c1-11-20-17(21-24-11)13-3-2-8-22(10-13)18(23)16-9-15(16)12-4-6-14(19)7-5-12/h4-7,13,15-16H,2-3,8-10H2,1H3/t13-,15+,16+/m1/s1. The Kier molecular flexibility index (Phi) is 3.82. The molecular weight excluding hydrogens is 309 g/mol. The van der Waals surface area contributed by atoms with E-state index in [2.05, 4.69) is 10.1 Å². The van der Waals surface area contributed by atoms with Crippen LogP contribution in [0.1, 0.15) is 48.4 Å². The highest BCUT2D eigenvalue weighted by molar-refractivity contribution is 5.83. The molecular formula is C18H20FN3O2. The van der Waals surface area contributed by atoms with Gasteiger partial charge in [0.1, 0.15) is 5.82 Å². The number of carbonyl (C=O) groups is 1. The third kappa shape index (κ3) is 2.92. The van der Waals surface area contributed by atoms with Crippen molar-refractivity contribution in [2.75, 3.05) is 13.1 Å². The number of nitrogens with zero attached hydrogens (tertiary/aromatic N) is 3. The molecule has 0 bridgehead atoms. The molecule has 0 unspecified atom stereocenters. The first-order valence-electron chi connectivity index (χ1n) is 8.46. The second-order valence-corrected chi connectivity index (χ2v) is 6.80. The van der Waals surface area contributed by atoms with Gasteiger partial charge < -0.3 is 9.42 Å². The van der Waals surface area contributed by atoms with Crippen LogP contribution in [-0.4, -0.2) is 34.0 Å². The minimum Gasteiger partial charge on any atom is -0.342 e. The predicted octanol–water partition coefficient (Wildman–Crippen LogP) is 3.03. The minimum atomic E-state index is -0.239. The first kappa shape index (κ1) is 15.3. The number of hydrogen-bond acceptors (Lipinski definition) is 4. The molecule has 0 spiro atoms. The summed E-state index contributed by atoms with van der Waals surface area (Å²) in [6.07, 6.45) is 2.79. The summed E-state index contributed by atoms with van der Waals surface area (Å²) in [4.78, 5) is 19.0. The van der Waals surface area contributed by atoms with E-state index >= 15 is 0 Å². The monoisotopic (exact) mass is 329 g/mol. The third-order valence-corrected chi connectivity index (χ3v) is 5.05. The van der Waals surface area contributed by atoms with Crippen LogP contribution in [0.15, 0.2) is 28.8 Å². The van der Waals surface area contributed by atoms with Gasteiger partial charge in [0, 0.05) is 31.8 Å². The summed E-state index contributed by atoms with van der Waals surface area (Å²) < 4.78 is 18.1. The van der Waals surface area contributed by atoms with Crippen LogP contribution in [0.4, 0.5) is 4.39 Å². The maximum atomic E-state index is 13.0. The lowest BCUT2D eigenvalue weighted by Gasteiger charge is -2.31. The first-order chi connectivity index (χ1) is 11.6. The summed E-state index contributed by atoms with van der Waals surface area (Å²) in [6, 6.07) is 6.50. The highest BCUT2D eigenvalue weighted by atomic mass is 19.1. The second kappa shape index (κ2) is 6.00. The van der Waals surface area contributed by atoms with E-state index in [4.69, 9.17) is 4.52 Å². The van der Waals surface area contributed by atoms with E-state index < -0.39 is 0 Å². The summed E-state index contributed by atoms with van der Waals surface area (Å²) in [7, 11) is 0. The molecule has 4 rings (SSSR count). The predicted molar refractivity (Wildman–Crippen MR) is 84.8 cm³/mol. The summed E-state index contributed by atoms with van der Waals surface area (Å²) in [5.41, 5.74) is 1.05. The summed E-state index contributed by atoms with van der Waals surface area (Å²) in [5.74, 6) is 1.64. The van der Waals surface area contributed by atoms with Crippen LogP contribution in [0.2, 0.25) is 0 Å². The summed E-state index contributed by atoms with van der Waals surface area (Å²) >= 11 is 0. The Morgan fingerprint density at radius 2 is 2.12 bits per heavy atom. The molecule has 1 amide bonds. The minimum absolute atomic E-state index is 0.0289. The van der Waals surface area contributed by atoms with Gasteiger partial charge in [-0.05, 0) is 42.9 Å². The Bertz CT molecular complexity index is 743. The van der Waals surface area contributed by atoms with Gasteiger partial charge in [0.2, 0.25) is 11.8 Å². The number of carbonyl (C=O) groups excluding carboxylic acids is 1. The molecule has 2 heterocycles. The Labute approximate surface area is 139 Å². The lowest BCUT2D eigenvalue weighted by molar-refractivity contribution is -0.133. The number of aromatic nitrogens is 2. The molecule has 2 aromatic rings. The van der Waals surface area contributed by atoms with Crippen LogP contribution in [0.3, 0.4) is 0 Å². The zero-order valence-electron chi connectivity index (χ0n) is 13.6. The Morgan fingerprint density at radius 1 is 1.33 bits per heavy atom. The highest BCUT2D eigenvalue weighted by Crippen LogP contribution is 2.48. The van der Waals surface area contributed by atoms with E-state index in [0.29, 0.717) is 18.3 Å². The maximum Gasteiger partial charge on any atom is 0.226 e. The molecule has 1 aromatic heterocycles. The van der Waals surface area contributed by atoms with Crippen molar-refractivity contribution in [3.8, 4) is 0 Å². The second-order valence-electron chi connectivity index (χ2n) is 6.80. The van der Waals surface area contributed by atoms with Gasteiger partial charge in [0.25, 0.3) is 0 Å². The van der Waals surface area contributed by atoms with Crippen molar-refractivity contribution in [3.05, 3.63) is 47.4 Å². The van der Waals surface area contributed by atoms with Crippen LogP contribution in [-0.2, 0) is 4.79 Å². The smallest absolute Gasteiger partial charge is 0.226 e. The number of halogens is 1. The SMILES string of the molecule is Cc1nc([C@@H]2CCCN(C(=O)[C@H]3C[C@H]3c3ccc(F)cc3)C2)no1. The summed E-state index contributed by atoms with van der Waals surface area (Å²) in [5, 5.41) is 4.00. The van der Waals surface area contributed by atoms with Crippen LogP contribution < -0.4 is 0 Å². The Balaban J connectivity index is 1.41. The van der Waals surface area contributed by atoms with Gasteiger partial charge in [-0.3, -0.25) is 4.79 Å². The van der Waals surface area contributed by atoms with E-state index in [9.17, 15) is 9.18 Å². The van der Waals surface area contributed by atoms with E-state index in [1.54, 1.807) is 19.1 Å². The molecule has 1 aliphatic heterocycles. The number of piperidine rings is 1. The van der Waals surface area contributed by atoms with Crippen LogP contribution >= 0.6 is 0 Å². The fraction of sp³-hybridized carbons (Fsp3) is 0.500. The zero-order valence-corrected chi connectivity index (χ0v) is 13.6. The number of hydrogen-bond donors (Lipinski definition) is 0. The fourth-order valence-electron chi connectivity index (χ4n) is 3.65. The van der Waals surface area contributed by atoms with Gasteiger partial charge >= 0.3 is 0 Å². The van der Waals surface area contributed by atoms with Gasteiger partial charge in [-0.1, -0.05) is 17.3 Å². The molecule has 2 fully saturated rings. The lowest BCUT2D eigenvalue weighted by Crippen LogP contribution is -2.40. The van der Waals surface area contributed by atoms with Crippen molar-refractivity contribution in [2.24, 2.45) is 5.92 Å². The van der Waals surface area contributed by atoms with Gasteiger partial charge in [0.05, 0.1) is 0 Å². The van der Waals surface area contributed by atoms with Crippen LogP contribution in [0.25, 0.3) is 0 Å². The zero-order chi connectivity index (χ0) is 16.7. The van der Waals surface area contributed by atoms with E-state index in [1.807, 2.05) is 4.90 Å². The fourth-order valence-corrected chi connectivity index (χ4v) is 3.65. The van der Waals surface area contributed by atoms with Gasteiger partial charge in [0.15, 0.2) is 5.82 Å². The molecule has 1 saturated carbocycles. The molecule has 3 atom stereocenters. The number of benzene rings is 1. The van der Waals surface area contributed by atoms with Crippen molar-refractivity contribution < 1.29 is 13.7 Å². The first-order valence-corrected chi connectivity index (χ1v) is 8.46. The molecule has 126 valence electrons. The van der Waals surface area contributed by atoms with Crippen molar-refractivity contribution in [3.63, 3.8) is 0 Å². The molecule has 5 nitrogen and oxygen atoms in total. The molecule has 2 aliphatic rings. The molecule has 0 radical (unpaired) electrons. The normalized spacial score (nSPS) is 26.4. The topological polar surface area (TPSA) is 59.2 Å². The van der Waals surface area contributed by atoms with Crippen molar-refractivity contribution >= 4 is 5.91 Å². The molecule has 0 N–H and O–H groups in total. The van der Waals surface area contributed by atoms with E-state index in [1.165, 1.54) is 12.1 Å². The average molecular weight is 329 g/mol. The molecule has 6 heteroatoms. The Morgan fingerprint density at radius 3 is 2.83 bits per heavy atom. The molecule has 1 saturated heterocycles. The number of likely N-dealkylation sites (tertiary alicyclic amines) is 1. The Hall–Kier alpha value is -2.24. The van der Waals surface area contributed by atoms with E-state index in [-0.39, 0.29) is 29.5 Å². The van der Waals surface area contributed by atoms with Gasteiger partial charge in [-0.25, -0.2) is 4.39 Å². The number of rotatable bonds is 3. The lowest BCUT2D eigenvalue weighted by atomic mass is 9.96. The third-order valence-electron chi connectivity index (χ3n) is 5.05. The van der Waals surface area contributed by atoms with Crippen molar-refractivity contribution in [2.45, 2.75) is 38.0 Å².